The van der Waals surface area contributed by atoms with Gasteiger partial charge in [-0.05, 0) is 75.9 Å². The zero-order valence-electron chi connectivity index (χ0n) is 72.8. The molecule has 8 aromatic rings. The van der Waals surface area contributed by atoms with Crippen molar-refractivity contribution in [3.8, 4) is 0 Å². The molecule has 8 aromatic heterocycles. The summed E-state index contributed by atoms with van der Waals surface area (Å²) in [5.74, 6) is -19.2. The lowest BCUT2D eigenvalue weighted by Crippen LogP contribution is -2.41. The number of carboxylic acid groups (broad SMARTS) is 18. The Morgan fingerprint density at radius 1 is 0.326 bits per heavy atom. The minimum absolute atomic E-state index is 0.403. The van der Waals surface area contributed by atoms with Gasteiger partial charge in [0.05, 0.1) is 60.8 Å². The van der Waals surface area contributed by atoms with Gasteiger partial charge in [-0.15, -0.1) is 0 Å². The van der Waals surface area contributed by atoms with E-state index in [1.807, 2.05) is 62.6 Å². The van der Waals surface area contributed by atoms with Crippen LogP contribution in [-0.2, 0) is 109 Å². The van der Waals surface area contributed by atoms with Crippen molar-refractivity contribution in [2.75, 3.05) is 100 Å². The van der Waals surface area contributed by atoms with Crippen LogP contribution in [0.3, 0.4) is 0 Å². The van der Waals surface area contributed by atoms with Crippen LogP contribution in [0.2, 0.25) is 0 Å². The van der Waals surface area contributed by atoms with Crippen molar-refractivity contribution in [3.63, 3.8) is 0 Å². The van der Waals surface area contributed by atoms with Crippen molar-refractivity contribution < 1.29 is 188 Å². The van der Waals surface area contributed by atoms with Crippen LogP contribution >= 0.6 is 0 Å². The van der Waals surface area contributed by atoms with Gasteiger partial charge in [-0.3, -0.25) is 19.1 Å². The molecule has 0 bridgehead atoms. The van der Waals surface area contributed by atoms with Crippen LogP contribution in [0.25, 0.3) is 44.4 Å². The Morgan fingerprint density at radius 2 is 0.558 bits per heavy atom. The Morgan fingerprint density at radius 3 is 0.768 bits per heavy atom. The van der Waals surface area contributed by atoms with Crippen LogP contribution in [-0.4, -0.2) is 359 Å². The van der Waals surface area contributed by atoms with Gasteiger partial charge in [0.15, 0.2) is 11.3 Å². The van der Waals surface area contributed by atoms with Crippen molar-refractivity contribution in [2.45, 2.75) is 64.7 Å². The summed E-state index contributed by atoms with van der Waals surface area (Å²) in [7, 11) is 0. The monoisotopic (exact) mass is 1940 g/mol. The molecule has 0 atom stereocenters. The van der Waals surface area contributed by atoms with E-state index in [-0.39, 0.29) is 0 Å². The maximum absolute atomic E-state index is 9.55. The van der Waals surface area contributed by atoms with Crippen LogP contribution in [0.4, 0.5) is 23.8 Å². The number of fused-ring (bicyclic) bond motifs is 4. The Labute approximate surface area is 776 Å². The summed E-state index contributed by atoms with van der Waals surface area (Å²) >= 11 is 0. The number of carboxylic acids is 18. The van der Waals surface area contributed by atoms with Gasteiger partial charge in [-0.25, -0.2) is 116 Å². The van der Waals surface area contributed by atoms with Gasteiger partial charge >= 0.3 is 107 Å². The van der Waals surface area contributed by atoms with Crippen molar-refractivity contribution >= 4 is 176 Å². The number of hydrogen-bond acceptors (Lipinski definition) is 34. The molecule has 138 heavy (non-hydrogen) atoms. The van der Waals surface area contributed by atoms with Crippen LogP contribution in [0.15, 0.2) is 183 Å². The maximum Gasteiger partial charge on any atom is 0.328 e. The molecule has 56 nitrogen and oxygen atoms in total. The summed E-state index contributed by atoms with van der Waals surface area (Å²) in [6.45, 7) is 16.1. The zero-order valence-corrected chi connectivity index (χ0v) is 72.8. The molecule has 2 fully saturated rings. The lowest BCUT2D eigenvalue weighted by atomic mass is 10.1. The third-order valence-corrected chi connectivity index (χ3v) is 15.5. The molecule has 2 aliphatic heterocycles. The molecule has 0 aliphatic carbocycles. The quantitative estimate of drug-likeness (QED) is 0.0195. The first-order chi connectivity index (χ1) is 65.2. The second-order valence-corrected chi connectivity index (χ2v) is 25.7. The number of hydrogen-bond donors (Lipinski definition) is 24. The molecule has 744 valence electrons. The molecular weight excluding hydrogens is 1840 g/mol. The summed E-state index contributed by atoms with van der Waals surface area (Å²) < 4.78 is 15.4. The number of aromatic nitrogens is 12. The first kappa shape index (κ1) is 120. The summed E-state index contributed by atoms with van der Waals surface area (Å²) in [6.07, 6.45) is 25.1. The van der Waals surface area contributed by atoms with E-state index in [4.69, 9.17) is 111 Å². The van der Waals surface area contributed by atoms with E-state index in [9.17, 15) is 86.3 Å². The van der Waals surface area contributed by atoms with Gasteiger partial charge in [0.25, 0.3) is 0 Å². The normalized spacial score (nSPS) is 12.3. The fraction of sp³-hybridized carbons (Fsp3) is 0.268. The van der Waals surface area contributed by atoms with Crippen molar-refractivity contribution in [3.05, 3.63) is 183 Å². The highest BCUT2D eigenvalue weighted by Crippen LogP contribution is 2.24. The smallest absolute Gasteiger partial charge is 0.328 e. The van der Waals surface area contributed by atoms with E-state index >= 15 is 0 Å². The summed E-state index contributed by atoms with van der Waals surface area (Å²) in [5.41, 5.74) is 7.42. The maximum atomic E-state index is 9.55. The molecule has 2 saturated heterocycles. The second-order valence-electron chi connectivity index (χ2n) is 25.7. The molecule has 24 N–H and O–H groups in total. The molecule has 0 radical (unpaired) electrons. The van der Waals surface area contributed by atoms with Crippen LogP contribution in [0, 0.1) is 0 Å². The largest absolute Gasteiger partial charge is 0.478 e. The fourth-order valence-corrected chi connectivity index (χ4v) is 9.96. The Balaban J connectivity index is 0.00000163. The number of piperidine rings is 2. The molecule has 0 unspecified atom stereocenters. The predicted octanol–water partition coefficient (Wildman–Crippen LogP) is 2.86. The molecule has 10 heterocycles. The summed E-state index contributed by atoms with van der Waals surface area (Å²) in [6, 6.07) is 12.5. The van der Waals surface area contributed by atoms with Crippen LogP contribution < -0.4 is 21.3 Å². The van der Waals surface area contributed by atoms with Crippen molar-refractivity contribution in [2.24, 2.45) is 0 Å². The molecule has 2 aliphatic rings. The SMILES string of the molecule is CCOCCn1c(NC2CCN(CCNc3nc4ccncc4[nH]3)CC2)nc2cccnc21.CCOCCn1c(NC2CCN(CCNc3nc4ccncc4[nH]3)CC2)nc2cccnc21.O=C(O)C=CC(=O)O.O=C(O)C=CC(=O)O.O=C(O)C=CC(=O)O.O=C(O)C=CC(=O)O.O=C(O)C=CC(=O)O.O=C(O)C=CC(=O)O.O=C(O)C=CC(=O)O.O=C(O)C=CC(=O)O.O=C(O)C=CC(=O)O. The topological polar surface area (TPSA) is 889 Å². The number of nitrogens with one attached hydrogen (secondary N) is 6. The van der Waals surface area contributed by atoms with Crippen LogP contribution in [0.1, 0.15) is 39.5 Å². The first-order valence-corrected chi connectivity index (χ1v) is 39.3. The Kier molecular flexibility index (Phi) is 60.3. The van der Waals surface area contributed by atoms with E-state index < -0.39 is 107 Å². The van der Waals surface area contributed by atoms with Gasteiger partial charge in [-0.2, -0.15) is 0 Å². The highest BCUT2D eigenvalue weighted by Gasteiger charge is 2.24. The zero-order chi connectivity index (χ0) is 104. The number of ether oxygens (including phenoxy) is 2. The fourth-order valence-electron chi connectivity index (χ4n) is 9.96. The van der Waals surface area contributed by atoms with E-state index in [0.717, 1.165) is 159 Å². The minimum Gasteiger partial charge on any atom is -0.478 e. The molecule has 0 spiro atoms. The lowest BCUT2D eigenvalue weighted by Gasteiger charge is -2.32. The number of likely N-dealkylation sites (tertiary alicyclic amines) is 2. The number of H-pyrrole nitrogens is 2. The first-order valence-electron chi connectivity index (χ1n) is 39.3. The number of imidazole rings is 4. The number of aromatic amines is 2. The molecule has 0 aromatic carbocycles. The average molecular weight is 1940 g/mol. The number of pyridine rings is 4. The molecule has 56 heteroatoms. The minimum atomic E-state index is -1.26. The Hall–Kier alpha value is -18.4. The standard InChI is InChI=1S/2C23H31N9O.9C4H4O4/c2*1-2-33-15-14-32-21-19(4-3-8-25-21)30-23(32)27-17-6-11-31(12-7-17)13-10-26-22-28-18-5-9-24-16-20(18)29-22;9*5-3(6)1-2-4(7)8/h2*3-5,8-9,16-17H,2,6-7,10-15H2,1H3,(H,27,30)(H2,26,28,29);9*1-2H,(H,5,6)(H,7,8). The van der Waals surface area contributed by atoms with Gasteiger partial charge in [0.2, 0.25) is 23.8 Å². The number of aliphatic carboxylic acids is 18. The van der Waals surface area contributed by atoms with E-state index in [0.29, 0.717) is 148 Å². The summed E-state index contributed by atoms with van der Waals surface area (Å²) in [4.78, 5) is 220. The van der Waals surface area contributed by atoms with Gasteiger partial charge in [0.1, 0.15) is 11.0 Å². The van der Waals surface area contributed by atoms with Crippen molar-refractivity contribution in [1.82, 2.24) is 68.8 Å². The molecular formula is C82H98N18O38. The molecule has 0 amide bonds. The van der Waals surface area contributed by atoms with E-state index in [2.05, 4.69) is 80.1 Å². The highest BCUT2D eigenvalue weighted by molar-refractivity contribution is 5.94. The summed E-state index contributed by atoms with van der Waals surface area (Å²) in [5, 5.41) is 155. The van der Waals surface area contributed by atoms with E-state index in [1.165, 1.54) is 0 Å². The molecule has 0 saturated carbocycles. The number of carbonyl (C=O) groups is 18. The predicted molar refractivity (Wildman–Crippen MR) is 479 cm³/mol. The highest BCUT2D eigenvalue weighted by atomic mass is 16.5. The van der Waals surface area contributed by atoms with Gasteiger partial charge in [-0.1, -0.05) is 0 Å². The van der Waals surface area contributed by atoms with Gasteiger partial charge in [0, 0.05) is 212 Å². The van der Waals surface area contributed by atoms with Crippen molar-refractivity contribution in [1.29, 1.82) is 0 Å². The Bertz CT molecular complexity index is 4750. The van der Waals surface area contributed by atoms with Crippen LogP contribution in [0.5, 0.6) is 0 Å². The number of rotatable bonds is 38. The van der Waals surface area contributed by atoms with E-state index in [1.54, 1.807) is 24.8 Å². The molecule has 10 rings (SSSR count). The lowest BCUT2D eigenvalue weighted by molar-refractivity contribution is -0.134. The van der Waals surface area contributed by atoms with Gasteiger partial charge < -0.3 is 142 Å². The second kappa shape index (κ2) is 69.6. The number of nitrogens with zero attached hydrogens (tertiary/aromatic N) is 12. The third kappa shape index (κ3) is 62.0. The third-order valence-electron chi connectivity index (χ3n) is 15.5. The number of anilines is 4. The average Bonchev–Trinajstić information content (AvgIpc) is 1.59.